The van der Waals surface area contributed by atoms with E-state index >= 15 is 0 Å². The van der Waals surface area contributed by atoms with Crippen LogP contribution in [0.2, 0.25) is 0 Å². The van der Waals surface area contributed by atoms with E-state index in [4.69, 9.17) is 0 Å². The van der Waals surface area contributed by atoms with Crippen molar-refractivity contribution >= 4 is 15.9 Å². The lowest BCUT2D eigenvalue weighted by Crippen LogP contribution is -2.28. The standard InChI is InChI=1S/C14H15BrF2N2O/c1-8(2)19-13(12(15)7-18-19)14(3,20)9-4-10(16)6-11(17)5-9/h4-8,20H,1-3H3. The minimum absolute atomic E-state index is 0.00109. The van der Waals surface area contributed by atoms with E-state index in [1.54, 1.807) is 10.9 Å². The zero-order valence-corrected chi connectivity index (χ0v) is 12.9. The summed E-state index contributed by atoms with van der Waals surface area (Å²) in [6, 6.07) is 3.01. The Labute approximate surface area is 124 Å². The molecule has 1 atom stereocenters. The summed E-state index contributed by atoms with van der Waals surface area (Å²) >= 11 is 3.32. The van der Waals surface area contributed by atoms with Gasteiger partial charge in [-0.15, -0.1) is 0 Å². The predicted molar refractivity (Wildman–Crippen MR) is 75.3 cm³/mol. The second-order valence-electron chi connectivity index (χ2n) is 5.11. The molecule has 1 heterocycles. The molecule has 0 saturated heterocycles. The number of benzene rings is 1. The fourth-order valence-corrected chi connectivity index (χ4v) is 2.82. The molecule has 0 spiro atoms. The highest BCUT2D eigenvalue weighted by molar-refractivity contribution is 9.10. The average Bonchev–Trinajstić information content (AvgIpc) is 2.70. The third-order valence-corrected chi connectivity index (χ3v) is 3.71. The first-order valence-corrected chi connectivity index (χ1v) is 6.95. The zero-order chi connectivity index (χ0) is 15.1. The van der Waals surface area contributed by atoms with Crippen molar-refractivity contribution in [2.45, 2.75) is 32.4 Å². The van der Waals surface area contributed by atoms with Crippen LogP contribution in [0.1, 0.15) is 38.1 Å². The summed E-state index contributed by atoms with van der Waals surface area (Å²) in [4.78, 5) is 0. The van der Waals surface area contributed by atoms with Gasteiger partial charge in [0.25, 0.3) is 0 Å². The maximum Gasteiger partial charge on any atom is 0.130 e. The molecule has 0 amide bonds. The minimum atomic E-state index is -1.57. The summed E-state index contributed by atoms with van der Waals surface area (Å²) in [6.07, 6.45) is 1.56. The first-order valence-electron chi connectivity index (χ1n) is 6.16. The molecule has 6 heteroatoms. The van der Waals surface area contributed by atoms with Gasteiger partial charge in [0.2, 0.25) is 0 Å². The maximum atomic E-state index is 13.4. The van der Waals surface area contributed by atoms with E-state index in [-0.39, 0.29) is 11.6 Å². The zero-order valence-electron chi connectivity index (χ0n) is 11.4. The highest BCUT2D eigenvalue weighted by atomic mass is 79.9. The van der Waals surface area contributed by atoms with E-state index in [1.807, 2.05) is 13.8 Å². The molecule has 0 fully saturated rings. The van der Waals surface area contributed by atoms with Crippen molar-refractivity contribution in [1.29, 1.82) is 0 Å². The highest BCUT2D eigenvalue weighted by Crippen LogP contribution is 2.35. The minimum Gasteiger partial charge on any atom is -0.379 e. The van der Waals surface area contributed by atoms with Gasteiger partial charge in [0.15, 0.2) is 0 Å². The topological polar surface area (TPSA) is 38.0 Å². The van der Waals surface area contributed by atoms with Gasteiger partial charge in [-0.1, -0.05) is 0 Å². The molecule has 3 nitrogen and oxygen atoms in total. The van der Waals surface area contributed by atoms with E-state index in [2.05, 4.69) is 21.0 Å². The van der Waals surface area contributed by atoms with Gasteiger partial charge in [0, 0.05) is 12.1 Å². The number of aromatic nitrogens is 2. The monoisotopic (exact) mass is 344 g/mol. The molecule has 0 aliphatic rings. The van der Waals surface area contributed by atoms with Crippen molar-refractivity contribution in [3.05, 3.63) is 51.8 Å². The van der Waals surface area contributed by atoms with Gasteiger partial charge in [-0.3, -0.25) is 4.68 Å². The van der Waals surface area contributed by atoms with Crippen LogP contribution in [0.5, 0.6) is 0 Å². The molecular weight excluding hydrogens is 330 g/mol. The number of hydrogen-bond donors (Lipinski definition) is 1. The van der Waals surface area contributed by atoms with Gasteiger partial charge in [0.05, 0.1) is 16.4 Å². The van der Waals surface area contributed by atoms with Crippen LogP contribution in [-0.4, -0.2) is 14.9 Å². The van der Waals surface area contributed by atoms with Gasteiger partial charge < -0.3 is 5.11 Å². The summed E-state index contributed by atoms with van der Waals surface area (Å²) in [7, 11) is 0. The Balaban J connectivity index is 2.63. The van der Waals surface area contributed by atoms with Crippen LogP contribution in [0, 0.1) is 11.6 Å². The first-order chi connectivity index (χ1) is 9.23. The van der Waals surface area contributed by atoms with Crippen LogP contribution < -0.4 is 0 Å². The SMILES string of the molecule is CC(C)n1ncc(Br)c1C(C)(O)c1cc(F)cc(F)c1. The Bertz CT molecular complexity index is 618. The lowest BCUT2D eigenvalue weighted by molar-refractivity contribution is 0.0884. The Morgan fingerprint density at radius 1 is 1.25 bits per heavy atom. The molecule has 0 bridgehead atoms. The quantitative estimate of drug-likeness (QED) is 0.920. The molecule has 0 aliphatic heterocycles. The molecule has 0 aliphatic carbocycles. The van der Waals surface area contributed by atoms with E-state index in [0.717, 1.165) is 18.2 Å². The molecule has 0 radical (unpaired) electrons. The van der Waals surface area contributed by atoms with Gasteiger partial charge in [0.1, 0.15) is 17.2 Å². The van der Waals surface area contributed by atoms with Crippen LogP contribution in [0.15, 0.2) is 28.9 Å². The highest BCUT2D eigenvalue weighted by Gasteiger charge is 2.33. The molecule has 20 heavy (non-hydrogen) atoms. The van der Waals surface area contributed by atoms with E-state index in [1.165, 1.54) is 6.92 Å². The van der Waals surface area contributed by atoms with Crippen molar-refractivity contribution in [2.24, 2.45) is 0 Å². The van der Waals surface area contributed by atoms with Gasteiger partial charge in [-0.2, -0.15) is 5.10 Å². The summed E-state index contributed by atoms with van der Waals surface area (Å²) in [6.45, 7) is 5.30. The lowest BCUT2D eigenvalue weighted by atomic mass is 9.92. The number of hydrogen-bond acceptors (Lipinski definition) is 2. The first kappa shape index (κ1) is 15.1. The third kappa shape index (κ3) is 2.62. The van der Waals surface area contributed by atoms with E-state index in [0.29, 0.717) is 10.2 Å². The smallest absolute Gasteiger partial charge is 0.130 e. The van der Waals surface area contributed by atoms with Crippen molar-refractivity contribution in [2.75, 3.05) is 0 Å². The molecule has 1 N–H and O–H groups in total. The van der Waals surface area contributed by atoms with Gasteiger partial charge in [-0.25, -0.2) is 8.78 Å². The van der Waals surface area contributed by atoms with E-state index in [9.17, 15) is 13.9 Å². The summed E-state index contributed by atoms with van der Waals surface area (Å²) in [5.74, 6) is -1.46. The molecule has 2 aromatic rings. The molecule has 1 unspecified atom stereocenters. The second kappa shape index (κ2) is 5.26. The normalized spacial score (nSPS) is 14.6. The fourth-order valence-electron chi connectivity index (χ4n) is 2.16. The van der Waals surface area contributed by atoms with Gasteiger partial charge >= 0.3 is 0 Å². The van der Waals surface area contributed by atoms with Crippen LogP contribution in [0.4, 0.5) is 8.78 Å². The van der Waals surface area contributed by atoms with Crippen LogP contribution in [-0.2, 0) is 5.60 Å². The van der Waals surface area contributed by atoms with Crippen molar-refractivity contribution in [1.82, 2.24) is 9.78 Å². The largest absolute Gasteiger partial charge is 0.379 e. The van der Waals surface area contributed by atoms with Crippen LogP contribution >= 0.6 is 15.9 Å². The second-order valence-corrected chi connectivity index (χ2v) is 5.96. The Hall–Kier alpha value is -1.27. The van der Waals surface area contributed by atoms with E-state index < -0.39 is 17.2 Å². The molecule has 1 aromatic carbocycles. The van der Waals surface area contributed by atoms with Crippen molar-refractivity contribution in [3.8, 4) is 0 Å². The van der Waals surface area contributed by atoms with Crippen molar-refractivity contribution < 1.29 is 13.9 Å². The Morgan fingerprint density at radius 3 is 2.30 bits per heavy atom. The summed E-state index contributed by atoms with van der Waals surface area (Å²) in [5.41, 5.74) is -0.974. The Kier molecular flexibility index (Phi) is 3.97. The van der Waals surface area contributed by atoms with Crippen LogP contribution in [0.25, 0.3) is 0 Å². The maximum absolute atomic E-state index is 13.4. The summed E-state index contributed by atoms with van der Waals surface area (Å²) < 4.78 is 29.0. The number of nitrogens with zero attached hydrogens (tertiary/aromatic N) is 2. The Morgan fingerprint density at radius 2 is 1.80 bits per heavy atom. The van der Waals surface area contributed by atoms with Crippen LogP contribution in [0.3, 0.4) is 0 Å². The summed E-state index contributed by atoms with van der Waals surface area (Å²) in [5, 5.41) is 15.0. The molecule has 1 aromatic heterocycles. The number of aliphatic hydroxyl groups is 1. The lowest BCUT2D eigenvalue weighted by Gasteiger charge is -2.27. The fraction of sp³-hybridized carbons (Fsp3) is 0.357. The predicted octanol–water partition coefficient (Wildman–Crippen LogP) is 3.76. The van der Waals surface area contributed by atoms with Crippen molar-refractivity contribution in [3.63, 3.8) is 0 Å². The third-order valence-electron chi connectivity index (χ3n) is 3.13. The molecular formula is C14H15BrF2N2O. The molecule has 108 valence electrons. The number of halogens is 3. The van der Waals surface area contributed by atoms with Gasteiger partial charge in [-0.05, 0) is 54.4 Å². The molecule has 2 rings (SSSR count). The number of rotatable bonds is 3. The molecule has 0 saturated carbocycles. The average molecular weight is 345 g/mol.